The van der Waals surface area contributed by atoms with Gasteiger partial charge < -0.3 is 50.5 Å². The molecule has 0 spiro atoms. The van der Waals surface area contributed by atoms with Gasteiger partial charge in [0.25, 0.3) is 0 Å². The lowest BCUT2D eigenvalue weighted by atomic mass is 9.96. The van der Waals surface area contributed by atoms with Crippen LogP contribution in [0.25, 0.3) is 0 Å². The molecule has 1 aromatic rings. The molecule has 47 heavy (non-hydrogen) atoms. The first-order chi connectivity index (χ1) is 22.0. The van der Waals surface area contributed by atoms with Crippen LogP contribution in [0.1, 0.15) is 51.4 Å². The van der Waals surface area contributed by atoms with E-state index >= 15 is 0 Å². The summed E-state index contributed by atoms with van der Waals surface area (Å²) in [5.74, 6) is -8.18. The predicted octanol–water partition coefficient (Wildman–Crippen LogP) is 0.376. The summed E-state index contributed by atoms with van der Waals surface area (Å²) < 4.78 is 5.83. The molecule has 3 rings (SSSR count). The molecule has 17 heteroatoms. The summed E-state index contributed by atoms with van der Waals surface area (Å²) in [6.07, 6.45) is 0.992. The summed E-state index contributed by atoms with van der Waals surface area (Å²) in [5.41, 5.74) is -5.48. The van der Waals surface area contributed by atoms with Gasteiger partial charge in [-0.3, -0.25) is 24.1 Å². The van der Waals surface area contributed by atoms with E-state index in [1.165, 1.54) is 58.4 Å². The van der Waals surface area contributed by atoms with Crippen molar-refractivity contribution in [2.45, 2.75) is 62.6 Å². The molecule has 2 saturated heterocycles. The number of aliphatic hydroxyl groups is 2. The highest BCUT2D eigenvalue weighted by Crippen LogP contribution is 2.20. The van der Waals surface area contributed by atoms with Crippen molar-refractivity contribution in [2.75, 3.05) is 45.9 Å². The first-order valence-corrected chi connectivity index (χ1v) is 14.9. The Morgan fingerprint density at radius 3 is 1.49 bits per heavy atom. The fourth-order valence-electron chi connectivity index (χ4n) is 5.07. The Labute approximate surface area is 270 Å². The van der Waals surface area contributed by atoms with Crippen molar-refractivity contribution in [1.82, 2.24) is 9.80 Å². The molecule has 0 saturated carbocycles. The largest absolute Gasteiger partial charge is 0.492 e. The molecule has 8 N–H and O–H groups in total. The van der Waals surface area contributed by atoms with Gasteiger partial charge in [-0.25, -0.2) is 9.59 Å². The topological polar surface area (TPSA) is 280 Å². The lowest BCUT2D eigenvalue weighted by molar-refractivity contribution is -0.170. The molecule has 2 aliphatic rings. The van der Waals surface area contributed by atoms with E-state index in [2.05, 4.69) is 9.80 Å². The molecule has 1 aromatic carbocycles. The van der Waals surface area contributed by atoms with Crippen molar-refractivity contribution in [3.63, 3.8) is 0 Å². The minimum Gasteiger partial charge on any atom is -0.492 e. The maximum Gasteiger partial charge on any atom is 0.336 e. The average Bonchev–Trinajstić information content (AvgIpc) is 3.46. The Bertz CT molecular complexity index is 1100. The number of hydrogen-bond acceptors (Lipinski definition) is 11. The minimum atomic E-state index is -2.74. The van der Waals surface area contributed by atoms with E-state index in [-0.39, 0.29) is 0 Å². The van der Waals surface area contributed by atoms with Crippen LogP contribution in [0.2, 0.25) is 0 Å². The second kappa shape index (κ2) is 20.0. The van der Waals surface area contributed by atoms with Crippen LogP contribution in [-0.2, 0) is 28.8 Å². The molecule has 0 bridgehead atoms. The van der Waals surface area contributed by atoms with Gasteiger partial charge in [-0.2, -0.15) is 0 Å². The molecular weight excluding hydrogens is 628 g/mol. The normalized spacial score (nSPS) is 16.9. The Hall–Kier alpha value is -4.32. The minimum absolute atomic E-state index is 0.806. The Kier molecular flexibility index (Phi) is 17.3. The van der Waals surface area contributed by atoms with E-state index in [1.54, 1.807) is 0 Å². The second-order valence-electron chi connectivity index (χ2n) is 11.4. The predicted molar refractivity (Wildman–Crippen MR) is 161 cm³/mol. The number of carboxylic acid groups (broad SMARTS) is 6. The average molecular weight is 673 g/mol. The molecule has 17 nitrogen and oxygen atoms in total. The Morgan fingerprint density at radius 2 is 1.09 bits per heavy atom. The highest BCUT2D eigenvalue weighted by molar-refractivity contribution is 5.88. The maximum absolute atomic E-state index is 10.3. The first kappa shape index (κ1) is 40.7. The molecule has 0 amide bonds. The number of piperidine rings is 1. The number of nitrogens with zero attached hydrogens (tertiary/aromatic N) is 2. The van der Waals surface area contributed by atoms with Crippen molar-refractivity contribution in [2.24, 2.45) is 5.92 Å². The molecule has 0 aliphatic carbocycles. The number of ether oxygens (including phenoxy) is 1. The van der Waals surface area contributed by atoms with E-state index in [0.717, 1.165) is 24.8 Å². The smallest absolute Gasteiger partial charge is 0.336 e. The number of carboxylic acids is 6. The third-order valence-corrected chi connectivity index (χ3v) is 7.31. The van der Waals surface area contributed by atoms with Crippen LogP contribution in [0.15, 0.2) is 30.3 Å². The number of aliphatic carboxylic acids is 6. The highest BCUT2D eigenvalue weighted by atomic mass is 16.5. The SMILES string of the molecule is O=C(O)CC(O)(CC(=O)O)C(=O)O.O=C(O)CC(O)(CC(=O)O)C(=O)O.c1ccc(OCCN2CCCC(CN3CCCC3)C2)cc1. The third-order valence-electron chi connectivity index (χ3n) is 7.31. The molecule has 2 aliphatic heterocycles. The van der Waals surface area contributed by atoms with Crippen LogP contribution in [0.4, 0.5) is 0 Å². The van der Waals surface area contributed by atoms with Gasteiger partial charge in [-0.05, 0) is 63.4 Å². The van der Waals surface area contributed by atoms with Gasteiger partial charge in [0.2, 0.25) is 0 Å². The highest BCUT2D eigenvalue weighted by Gasteiger charge is 2.41. The number of carbonyl (C=O) groups is 6. The summed E-state index contributed by atoms with van der Waals surface area (Å²) in [5, 5.41) is 67.6. The van der Waals surface area contributed by atoms with Crippen LogP contribution in [0.5, 0.6) is 5.75 Å². The quantitative estimate of drug-likeness (QED) is 0.118. The van der Waals surface area contributed by atoms with E-state index < -0.39 is 72.7 Å². The zero-order valence-corrected chi connectivity index (χ0v) is 25.9. The molecule has 264 valence electrons. The van der Waals surface area contributed by atoms with Gasteiger partial charge in [0, 0.05) is 19.6 Å². The molecule has 1 unspecified atom stereocenters. The third kappa shape index (κ3) is 16.7. The van der Waals surface area contributed by atoms with Crippen molar-refractivity contribution < 1.29 is 74.4 Å². The van der Waals surface area contributed by atoms with Crippen LogP contribution in [-0.4, -0.2) is 144 Å². The van der Waals surface area contributed by atoms with Crippen molar-refractivity contribution >= 4 is 35.8 Å². The maximum atomic E-state index is 10.3. The fraction of sp³-hybridized carbons (Fsp3) is 0.600. The summed E-state index contributed by atoms with van der Waals surface area (Å²) in [7, 11) is 0. The Morgan fingerprint density at radius 1 is 0.660 bits per heavy atom. The molecule has 0 aromatic heterocycles. The lowest BCUT2D eigenvalue weighted by Crippen LogP contribution is -2.42. The van der Waals surface area contributed by atoms with E-state index in [0.29, 0.717) is 0 Å². The number of rotatable bonds is 16. The van der Waals surface area contributed by atoms with Crippen molar-refractivity contribution in [1.29, 1.82) is 0 Å². The van der Waals surface area contributed by atoms with E-state index in [1.807, 2.05) is 30.3 Å². The van der Waals surface area contributed by atoms with Crippen molar-refractivity contribution in [3.05, 3.63) is 30.3 Å². The monoisotopic (exact) mass is 672 g/mol. The van der Waals surface area contributed by atoms with Gasteiger partial charge in [-0.15, -0.1) is 0 Å². The van der Waals surface area contributed by atoms with E-state index in [4.69, 9.17) is 45.6 Å². The van der Waals surface area contributed by atoms with Gasteiger partial charge in [0.15, 0.2) is 11.2 Å². The van der Waals surface area contributed by atoms with Crippen LogP contribution in [0, 0.1) is 5.92 Å². The summed E-state index contributed by atoms with van der Waals surface area (Å²) in [4.78, 5) is 66.2. The molecular formula is C30H44N2O15. The van der Waals surface area contributed by atoms with Crippen LogP contribution < -0.4 is 4.74 Å². The molecule has 0 radical (unpaired) electrons. The van der Waals surface area contributed by atoms with Crippen LogP contribution >= 0.6 is 0 Å². The number of likely N-dealkylation sites (tertiary alicyclic amines) is 2. The molecule has 2 fully saturated rings. The zero-order chi connectivity index (χ0) is 35.6. The lowest BCUT2D eigenvalue weighted by Gasteiger charge is -2.34. The number of para-hydroxylation sites is 1. The standard InChI is InChI=1S/C18H28N2O.2C6H8O7/c1-2-8-18(9-3-1)21-14-13-20-12-6-7-17(16-20)15-19-10-4-5-11-19;2*7-3(8)1-6(13,5(11)12)2-4(9)10/h1-3,8-9,17H,4-7,10-16H2;2*13H,1-2H2,(H,7,8)(H,9,10)(H,11,12). The van der Waals surface area contributed by atoms with Crippen LogP contribution in [0.3, 0.4) is 0 Å². The molecule has 2 heterocycles. The fourth-order valence-corrected chi connectivity index (χ4v) is 5.07. The van der Waals surface area contributed by atoms with Gasteiger partial charge in [-0.1, -0.05) is 18.2 Å². The first-order valence-electron chi connectivity index (χ1n) is 14.9. The van der Waals surface area contributed by atoms with Gasteiger partial charge in [0.1, 0.15) is 12.4 Å². The van der Waals surface area contributed by atoms with Crippen molar-refractivity contribution in [3.8, 4) is 5.75 Å². The van der Waals surface area contributed by atoms with E-state index in [9.17, 15) is 28.8 Å². The number of hydrogen-bond donors (Lipinski definition) is 8. The number of benzene rings is 1. The summed E-state index contributed by atoms with van der Waals surface area (Å²) >= 11 is 0. The summed E-state index contributed by atoms with van der Waals surface area (Å²) in [6.45, 7) is 8.34. The molecule has 1 atom stereocenters. The second-order valence-corrected chi connectivity index (χ2v) is 11.4. The Balaban J connectivity index is 0.000000374. The van der Waals surface area contributed by atoms with Gasteiger partial charge >= 0.3 is 35.8 Å². The summed E-state index contributed by atoms with van der Waals surface area (Å²) in [6, 6.07) is 10.2. The van der Waals surface area contributed by atoms with Gasteiger partial charge in [0.05, 0.1) is 25.7 Å². The zero-order valence-electron chi connectivity index (χ0n) is 25.9.